The van der Waals surface area contributed by atoms with Crippen molar-refractivity contribution in [2.24, 2.45) is 22.9 Å². The number of nitrogens with one attached hydrogen (secondary N) is 2. The average Bonchev–Trinajstić information content (AvgIpc) is 2.96. The van der Waals surface area contributed by atoms with E-state index in [2.05, 4.69) is 60.0 Å². The van der Waals surface area contributed by atoms with E-state index in [1.807, 2.05) is 55.5 Å². The molecule has 3 aromatic rings. The summed E-state index contributed by atoms with van der Waals surface area (Å²) in [5.41, 5.74) is 7.43. The van der Waals surface area contributed by atoms with Gasteiger partial charge in [0, 0.05) is 11.1 Å². The van der Waals surface area contributed by atoms with Crippen LogP contribution in [-0.2, 0) is 22.2 Å². The molecule has 4 fully saturated rings. The van der Waals surface area contributed by atoms with Crippen LogP contribution in [0.2, 0.25) is 0 Å². The van der Waals surface area contributed by atoms with Crippen molar-refractivity contribution < 1.29 is 9.53 Å². The fourth-order valence-electron chi connectivity index (χ4n) is 9.17. The molecule has 5 nitrogen and oxygen atoms in total. The van der Waals surface area contributed by atoms with Gasteiger partial charge in [-0.05, 0) is 118 Å². The van der Waals surface area contributed by atoms with Crippen LogP contribution in [-0.4, -0.2) is 23.8 Å². The van der Waals surface area contributed by atoms with Crippen molar-refractivity contribution in [1.29, 1.82) is 0 Å². The highest BCUT2D eigenvalue weighted by atomic mass is 16.5. The first-order chi connectivity index (χ1) is 20.2. The zero-order valence-corrected chi connectivity index (χ0v) is 25.2. The number of rotatable bonds is 7. The van der Waals surface area contributed by atoms with Crippen molar-refractivity contribution in [3.8, 4) is 5.75 Å². The minimum atomic E-state index is -0.905. The molecule has 0 aromatic heterocycles. The summed E-state index contributed by atoms with van der Waals surface area (Å²) >= 11 is 0. The number of hydrogen-bond acceptors (Lipinski definition) is 4. The van der Waals surface area contributed by atoms with E-state index < -0.39 is 5.54 Å². The van der Waals surface area contributed by atoms with Gasteiger partial charge < -0.3 is 4.74 Å². The molecule has 3 aromatic carbocycles. The average molecular weight is 562 g/mol. The Kier molecular flexibility index (Phi) is 6.77. The van der Waals surface area contributed by atoms with Gasteiger partial charge in [0.2, 0.25) is 0 Å². The molecule has 2 N–H and O–H groups in total. The minimum Gasteiger partial charge on any atom is -0.487 e. The number of hydrogen-bond donors (Lipinski definition) is 2. The van der Waals surface area contributed by atoms with Gasteiger partial charge in [-0.25, -0.2) is 5.43 Å². The predicted octanol–water partition coefficient (Wildman–Crippen LogP) is 6.89. The molecular weight excluding hydrogens is 518 g/mol. The second kappa shape index (κ2) is 10.4. The molecule has 218 valence electrons. The molecule has 0 unspecified atom stereocenters. The van der Waals surface area contributed by atoms with Crippen LogP contribution in [0, 0.1) is 17.8 Å². The van der Waals surface area contributed by atoms with Crippen LogP contribution >= 0.6 is 0 Å². The lowest BCUT2D eigenvalue weighted by molar-refractivity contribution is -0.128. The van der Waals surface area contributed by atoms with Gasteiger partial charge in [-0.15, -0.1) is 0 Å². The Labute approximate surface area is 250 Å². The van der Waals surface area contributed by atoms with Crippen molar-refractivity contribution in [1.82, 2.24) is 10.7 Å². The predicted molar refractivity (Wildman–Crippen MR) is 168 cm³/mol. The molecule has 5 heteroatoms. The lowest BCUT2D eigenvalue weighted by Gasteiger charge is -2.57. The van der Waals surface area contributed by atoms with E-state index in [-0.39, 0.29) is 18.1 Å². The number of benzene rings is 3. The topological polar surface area (TPSA) is 62.7 Å². The number of fused-ring (bicyclic) bond motifs is 1. The number of ether oxygens (including phenoxy) is 1. The Morgan fingerprint density at radius 1 is 0.857 bits per heavy atom. The van der Waals surface area contributed by atoms with Crippen molar-refractivity contribution in [3.05, 3.63) is 101 Å². The fraction of sp³-hybridized carbons (Fsp3) is 0.459. The van der Waals surface area contributed by atoms with Gasteiger partial charge in [-0.3, -0.25) is 10.1 Å². The maximum atomic E-state index is 13.8. The summed E-state index contributed by atoms with van der Waals surface area (Å²) in [5, 5.41) is 8.23. The monoisotopic (exact) mass is 561 g/mol. The normalized spacial score (nSPS) is 30.9. The van der Waals surface area contributed by atoms with Gasteiger partial charge in [-0.1, -0.05) is 66.7 Å². The number of amides is 1. The molecular formula is C37H43N3O2. The molecule has 5 aliphatic rings. The van der Waals surface area contributed by atoms with Crippen LogP contribution < -0.4 is 15.5 Å². The lowest BCUT2D eigenvalue weighted by atomic mass is 9.48. The summed E-state index contributed by atoms with van der Waals surface area (Å²) in [6.07, 6.45) is 9.31. The SMILES string of the molecule is CC1(C)Cc2ccccc2[C@@](C)(C(=O)N/N=C(/COc2ccc(C34CC5CC(CC(C5)C3)C4)cc2)c2ccccc2)N1. The fourth-order valence-corrected chi connectivity index (χ4v) is 9.17. The van der Waals surface area contributed by atoms with Crippen LogP contribution in [0.1, 0.15) is 81.5 Å². The molecule has 0 saturated heterocycles. The van der Waals surface area contributed by atoms with Crippen molar-refractivity contribution in [2.45, 2.75) is 82.2 Å². The molecule has 0 radical (unpaired) electrons. The van der Waals surface area contributed by atoms with Crippen LogP contribution in [0.25, 0.3) is 0 Å². The third-order valence-corrected chi connectivity index (χ3v) is 10.5. The molecule has 1 amide bonds. The van der Waals surface area contributed by atoms with E-state index in [4.69, 9.17) is 4.74 Å². The summed E-state index contributed by atoms with van der Waals surface area (Å²) in [5.74, 6) is 3.43. The van der Waals surface area contributed by atoms with Crippen LogP contribution in [0.5, 0.6) is 5.75 Å². The molecule has 8 rings (SSSR count). The largest absolute Gasteiger partial charge is 0.487 e. The molecule has 1 heterocycles. The zero-order chi connectivity index (χ0) is 29.0. The summed E-state index contributed by atoms with van der Waals surface area (Å²) in [7, 11) is 0. The van der Waals surface area contributed by atoms with Crippen LogP contribution in [0.3, 0.4) is 0 Å². The second-order valence-electron chi connectivity index (χ2n) is 14.3. The quantitative estimate of drug-likeness (QED) is 0.244. The summed E-state index contributed by atoms with van der Waals surface area (Å²) in [4.78, 5) is 13.8. The molecule has 1 atom stereocenters. The summed E-state index contributed by atoms with van der Waals surface area (Å²) in [6, 6.07) is 27.0. The first kappa shape index (κ1) is 27.4. The Balaban J connectivity index is 1.08. The van der Waals surface area contributed by atoms with Gasteiger partial charge in [0.25, 0.3) is 5.91 Å². The Morgan fingerprint density at radius 2 is 1.48 bits per heavy atom. The van der Waals surface area contributed by atoms with Crippen molar-refractivity contribution in [2.75, 3.05) is 6.61 Å². The zero-order valence-electron chi connectivity index (χ0n) is 25.2. The molecule has 4 bridgehead atoms. The highest BCUT2D eigenvalue weighted by molar-refractivity contribution is 6.02. The Hall–Kier alpha value is -3.44. The van der Waals surface area contributed by atoms with E-state index in [1.54, 1.807) is 0 Å². The van der Waals surface area contributed by atoms with Crippen molar-refractivity contribution >= 4 is 11.6 Å². The second-order valence-corrected chi connectivity index (χ2v) is 14.3. The van der Waals surface area contributed by atoms with Crippen LogP contribution in [0.15, 0.2) is 84.0 Å². The van der Waals surface area contributed by atoms with E-state index in [1.165, 1.54) is 49.7 Å². The molecule has 1 aliphatic heterocycles. The van der Waals surface area contributed by atoms with Gasteiger partial charge >= 0.3 is 0 Å². The molecule has 4 saturated carbocycles. The lowest BCUT2D eigenvalue weighted by Crippen LogP contribution is -2.62. The van der Waals surface area contributed by atoms with E-state index in [0.29, 0.717) is 11.1 Å². The standard InChI is InChI=1S/C37H43N3O2/c1-35(2)23-29-11-7-8-12-32(29)36(3,40-35)34(41)39-38-33(28-9-5-4-6-10-28)24-42-31-15-13-30(14-16-31)37-20-25-17-26(21-37)19-27(18-25)22-37/h4-16,25-27,40H,17-24H2,1-3H3,(H,39,41)/b38-33-/t25?,26?,27?,36-,37?/m0/s1. The number of nitrogens with zero attached hydrogens (tertiary/aromatic N) is 1. The highest BCUT2D eigenvalue weighted by Crippen LogP contribution is 2.60. The summed E-state index contributed by atoms with van der Waals surface area (Å²) in [6.45, 7) is 6.47. The molecule has 4 aliphatic carbocycles. The first-order valence-electron chi connectivity index (χ1n) is 15.7. The minimum absolute atomic E-state index is 0.184. The van der Waals surface area contributed by atoms with Gasteiger partial charge in [0.05, 0.1) is 0 Å². The van der Waals surface area contributed by atoms with Crippen LogP contribution in [0.4, 0.5) is 0 Å². The molecule has 0 spiro atoms. The smallest absolute Gasteiger partial charge is 0.264 e. The van der Waals surface area contributed by atoms with Gasteiger partial charge in [0.1, 0.15) is 23.6 Å². The third-order valence-electron chi connectivity index (χ3n) is 10.5. The molecule has 42 heavy (non-hydrogen) atoms. The number of carbonyl (C=O) groups is 1. The van der Waals surface area contributed by atoms with E-state index >= 15 is 0 Å². The van der Waals surface area contributed by atoms with E-state index in [0.717, 1.165) is 41.1 Å². The Morgan fingerprint density at radius 3 is 2.14 bits per heavy atom. The third kappa shape index (κ3) is 5.06. The highest BCUT2D eigenvalue weighted by Gasteiger charge is 2.51. The number of hydrazone groups is 1. The van der Waals surface area contributed by atoms with Gasteiger partial charge in [-0.2, -0.15) is 5.10 Å². The number of carbonyl (C=O) groups excluding carboxylic acids is 1. The summed E-state index contributed by atoms with van der Waals surface area (Å²) < 4.78 is 6.29. The van der Waals surface area contributed by atoms with Gasteiger partial charge in [0.15, 0.2) is 0 Å². The Bertz CT molecular complexity index is 1460. The van der Waals surface area contributed by atoms with E-state index in [9.17, 15) is 4.79 Å². The maximum Gasteiger partial charge on any atom is 0.264 e. The maximum absolute atomic E-state index is 13.8. The van der Waals surface area contributed by atoms with Crippen molar-refractivity contribution in [3.63, 3.8) is 0 Å². The first-order valence-corrected chi connectivity index (χ1v) is 15.7.